The van der Waals surface area contributed by atoms with E-state index in [1.165, 1.54) is 30.2 Å². The van der Waals surface area contributed by atoms with Gasteiger partial charge in [-0.3, -0.25) is 0 Å². The fourth-order valence-corrected chi connectivity index (χ4v) is 4.87. The van der Waals surface area contributed by atoms with Gasteiger partial charge in [0.25, 0.3) is 0 Å². The molecule has 0 amide bonds. The van der Waals surface area contributed by atoms with E-state index >= 15 is 0 Å². The second-order valence-corrected chi connectivity index (χ2v) is 9.69. The predicted molar refractivity (Wildman–Crippen MR) is 144 cm³/mol. The molecule has 0 atom stereocenters. The molecule has 188 valence electrons. The summed E-state index contributed by atoms with van der Waals surface area (Å²) in [5, 5.41) is 18.3. The lowest BCUT2D eigenvalue weighted by Gasteiger charge is -2.15. The molecule has 0 radical (unpaired) electrons. The number of hydrogen-bond donors (Lipinski definition) is 2. The van der Waals surface area contributed by atoms with E-state index in [4.69, 9.17) is 4.74 Å². The van der Waals surface area contributed by atoms with E-state index in [1.807, 2.05) is 49.4 Å². The minimum Gasteiger partial charge on any atom is -0.508 e. The van der Waals surface area contributed by atoms with Crippen LogP contribution in [0.3, 0.4) is 0 Å². The molecule has 0 spiro atoms. The lowest BCUT2D eigenvalue weighted by Crippen LogP contribution is -2.02. The van der Waals surface area contributed by atoms with Gasteiger partial charge in [-0.25, -0.2) is 19.3 Å². The molecule has 0 aliphatic carbocycles. The van der Waals surface area contributed by atoms with Crippen molar-refractivity contribution in [1.29, 1.82) is 0 Å². The van der Waals surface area contributed by atoms with Crippen LogP contribution in [0.25, 0.3) is 16.7 Å². The van der Waals surface area contributed by atoms with Gasteiger partial charge < -0.3 is 15.2 Å². The van der Waals surface area contributed by atoms with Crippen molar-refractivity contribution in [2.45, 2.75) is 23.3 Å². The van der Waals surface area contributed by atoms with Gasteiger partial charge in [0.2, 0.25) is 0 Å². The van der Waals surface area contributed by atoms with Gasteiger partial charge in [-0.2, -0.15) is 9.61 Å². The quantitative estimate of drug-likeness (QED) is 0.251. The molecule has 3 heterocycles. The fourth-order valence-electron chi connectivity index (χ4n) is 3.99. The van der Waals surface area contributed by atoms with Crippen molar-refractivity contribution in [3.63, 3.8) is 0 Å². The third-order valence-corrected chi connectivity index (χ3v) is 6.85. The zero-order valence-corrected chi connectivity index (χ0v) is 21.0. The summed E-state index contributed by atoms with van der Waals surface area (Å²) in [4.78, 5) is 15.3. The van der Waals surface area contributed by atoms with Gasteiger partial charge in [0.15, 0.2) is 11.3 Å². The Morgan fingerprint density at radius 1 is 1.00 bits per heavy atom. The second kappa shape index (κ2) is 9.98. The van der Waals surface area contributed by atoms with E-state index < -0.39 is 0 Å². The van der Waals surface area contributed by atoms with E-state index in [0.29, 0.717) is 28.2 Å². The summed E-state index contributed by atoms with van der Waals surface area (Å²) >= 11 is 1.52. The van der Waals surface area contributed by atoms with Crippen LogP contribution in [0.1, 0.15) is 11.3 Å². The molecule has 3 aromatic heterocycles. The molecule has 0 aliphatic rings. The normalized spacial score (nSPS) is 11.2. The molecular formula is C28H21FN6O2S. The van der Waals surface area contributed by atoms with Gasteiger partial charge in [0, 0.05) is 28.1 Å². The van der Waals surface area contributed by atoms with E-state index in [2.05, 4.69) is 25.4 Å². The molecule has 0 saturated heterocycles. The Morgan fingerprint density at radius 2 is 1.87 bits per heavy atom. The number of nitrogens with one attached hydrogen (secondary N) is 1. The van der Waals surface area contributed by atoms with Crippen LogP contribution in [0.5, 0.6) is 11.5 Å². The predicted octanol–water partition coefficient (Wildman–Crippen LogP) is 6.30. The molecule has 8 nitrogen and oxygen atoms in total. The lowest BCUT2D eigenvalue weighted by atomic mass is 10.2. The Morgan fingerprint density at radius 3 is 2.71 bits per heavy atom. The summed E-state index contributed by atoms with van der Waals surface area (Å²) in [7, 11) is 0. The molecule has 38 heavy (non-hydrogen) atoms. The number of aromatic hydroxyl groups is 1. The Labute approximate surface area is 221 Å². The van der Waals surface area contributed by atoms with Crippen molar-refractivity contribution in [2.24, 2.45) is 0 Å². The van der Waals surface area contributed by atoms with Gasteiger partial charge in [-0.1, -0.05) is 23.9 Å². The summed E-state index contributed by atoms with van der Waals surface area (Å²) < 4.78 is 21.3. The standard InChI is InChI=1S/C28H21FN6O2S/c1-17-11-26-30-14-23-27(31-16-32-28(23)35(26)34-17)33-24-13-21(37-15-18-3-2-4-19(29)12-18)7-10-25(24)38-22-8-5-20(36)6-9-22/h2-14,16,36H,15H2,1H3,(H,31,32,33). The maximum Gasteiger partial charge on any atom is 0.170 e. The first-order chi connectivity index (χ1) is 18.5. The van der Waals surface area contributed by atoms with Crippen LogP contribution in [-0.4, -0.2) is 29.7 Å². The van der Waals surface area contributed by atoms with Gasteiger partial charge in [-0.05, 0) is 61.0 Å². The third kappa shape index (κ3) is 4.94. The van der Waals surface area contributed by atoms with Crippen LogP contribution in [0, 0.1) is 12.7 Å². The monoisotopic (exact) mass is 524 g/mol. The summed E-state index contributed by atoms with van der Waals surface area (Å²) in [6.45, 7) is 2.13. The number of phenols is 1. The van der Waals surface area contributed by atoms with E-state index in [9.17, 15) is 9.50 Å². The molecule has 0 unspecified atom stereocenters. The molecule has 0 saturated carbocycles. The number of nitrogens with zero attached hydrogens (tertiary/aromatic N) is 5. The minimum atomic E-state index is -0.306. The maximum atomic E-state index is 13.6. The van der Waals surface area contributed by atoms with E-state index in [1.54, 1.807) is 28.9 Å². The Kier molecular flexibility index (Phi) is 6.22. The molecule has 3 aromatic carbocycles. The molecule has 2 N–H and O–H groups in total. The summed E-state index contributed by atoms with van der Waals surface area (Å²) in [6.07, 6.45) is 3.21. The third-order valence-electron chi connectivity index (χ3n) is 5.77. The average molecular weight is 525 g/mol. The van der Waals surface area contributed by atoms with Gasteiger partial charge >= 0.3 is 0 Å². The second-order valence-electron chi connectivity index (χ2n) is 8.57. The van der Waals surface area contributed by atoms with E-state index in [-0.39, 0.29) is 18.2 Å². The van der Waals surface area contributed by atoms with E-state index in [0.717, 1.165) is 26.7 Å². The number of aryl methyl sites for hydroxylation is 1. The number of hydrogen-bond acceptors (Lipinski definition) is 8. The lowest BCUT2D eigenvalue weighted by molar-refractivity contribution is 0.305. The topological polar surface area (TPSA) is 97.5 Å². The highest BCUT2D eigenvalue weighted by molar-refractivity contribution is 7.99. The van der Waals surface area contributed by atoms with Crippen molar-refractivity contribution in [3.05, 3.63) is 102 Å². The first-order valence-electron chi connectivity index (χ1n) is 11.7. The molecule has 0 bridgehead atoms. The first kappa shape index (κ1) is 23.7. The number of fused-ring (bicyclic) bond motifs is 3. The molecule has 10 heteroatoms. The zero-order valence-electron chi connectivity index (χ0n) is 20.2. The minimum absolute atomic E-state index is 0.203. The number of aromatic nitrogens is 5. The highest BCUT2D eigenvalue weighted by Crippen LogP contribution is 2.38. The number of halogens is 1. The molecule has 0 aliphatic heterocycles. The van der Waals surface area contributed by atoms with Gasteiger partial charge in [0.05, 0.1) is 16.8 Å². The summed E-state index contributed by atoms with van der Waals surface area (Å²) in [5.74, 6) is 1.06. The Bertz CT molecular complexity index is 1770. The van der Waals surface area contributed by atoms with Crippen LogP contribution in [0.15, 0.2) is 95.1 Å². The van der Waals surface area contributed by atoms with Crippen molar-refractivity contribution in [1.82, 2.24) is 24.6 Å². The number of ether oxygens (including phenoxy) is 1. The zero-order chi connectivity index (χ0) is 26.1. The fraction of sp³-hybridized carbons (Fsp3) is 0.0714. The van der Waals surface area contributed by atoms with Crippen LogP contribution in [0.2, 0.25) is 0 Å². The van der Waals surface area contributed by atoms with Crippen molar-refractivity contribution < 1.29 is 14.2 Å². The number of phenolic OH excluding ortho intramolecular Hbond substituents is 1. The van der Waals surface area contributed by atoms with Gasteiger partial charge in [0.1, 0.15) is 36.1 Å². The Hall–Kier alpha value is -4.70. The molecule has 6 aromatic rings. The van der Waals surface area contributed by atoms with Crippen LogP contribution in [0.4, 0.5) is 15.9 Å². The number of rotatable bonds is 7. The number of anilines is 2. The van der Waals surface area contributed by atoms with Gasteiger partial charge in [-0.15, -0.1) is 0 Å². The highest BCUT2D eigenvalue weighted by atomic mass is 32.2. The van der Waals surface area contributed by atoms with Crippen LogP contribution < -0.4 is 10.1 Å². The SMILES string of the molecule is Cc1cc2ncc3c(Nc4cc(OCc5cccc(F)c5)ccc4Sc4ccc(O)cc4)ncnc3n2n1. The van der Waals surface area contributed by atoms with Crippen molar-refractivity contribution in [3.8, 4) is 11.5 Å². The summed E-state index contributed by atoms with van der Waals surface area (Å²) in [5.41, 5.74) is 3.65. The average Bonchev–Trinajstić information content (AvgIpc) is 3.31. The Balaban J connectivity index is 1.37. The van der Waals surface area contributed by atoms with Crippen LogP contribution >= 0.6 is 11.8 Å². The maximum absolute atomic E-state index is 13.6. The first-order valence-corrected chi connectivity index (χ1v) is 12.5. The van der Waals surface area contributed by atoms with Crippen molar-refractivity contribution in [2.75, 3.05) is 5.32 Å². The largest absolute Gasteiger partial charge is 0.508 e. The summed E-state index contributed by atoms with van der Waals surface area (Å²) in [6, 6.07) is 20.9. The van der Waals surface area contributed by atoms with Crippen molar-refractivity contribution >= 4 is 39.9 Å². The van der Waals surface area contributed by atoms with Crippen LogP contribution in [-0.2, 0) is 6.61 Å². The molecular weight excluding hydrogens is 503 g/mol. The molecule has 0 fully saturated rings. The smallest absolute Gasteiger partial charge is 0.170 e. The number of benzene rings is 3. The highest BCUT2D eigenvalue weighted by Gasteiger charge is 2.14. The molecule has 6 rings (SSSR count).